The maximum Gasteiger partial charge on any atom is 0.303 e. The number of carboxylic acids is 1. The molecule has 14 heavy (non-hydrogen) atoms. The summed E-state index contributed by atoms with van der Waals surface area (Å²) in [5.41, 5.74) is 0. The van der Waals surface area contributed by atoms with Crippen LogP contribution in [0.25, 0.3) is 0 Å². The first-order valence-electron chi connectivity index (χ1n) is 5.29. The lowest BCUT2D eigenvalue weighted by atomic mass is 10.0. The molecule has 0 spiro atoms. The Morgan fingerprint density at radius 2 is 2.14 bits per heavy atom. The molecule has 1 aliphatic rings. The highest BCUT2D eigenvalue weighted by Gasteiger charge is 2.12. The first-order valence-corrected chi connectivity index (χ1v) is 5.29. The number of carboxylic acid groups (broad SMARTS) is 1. The summed E-state index contributed by atoms with van der Waals surface area (Å²) < 4.78 is 5.25. The fourth-order valence-electron chi connectivity index (χ4n) is 1.62. The van der Waals surface area contributed by atoms with Crippen molar-refractivity contribution in [3.05, 3.63) is 0 Å². The van der Waals surface area contributed by atoms with Crippen LogP contribution in [0.3, 0.4) is 0 Å². The number of nitrogens with one attached hydrogen (secondary N) is 1. The van der Waals surface area contributed by atoms with Crippen molar-refractivity contribution in [3.8, 4) is 0 Å². The Bertz CT molecular complexity index is 167. The van der Waals surface area contributed by atoms with Crippen molar-refractivity contribution in [2.75, 3.05) is 26.3 Å². The largest absolute Gasteiger partial charge is 0.481 e. The van der Waals surface area contributed by atoms with Crippen LogP contribution in [-0.4, -0.2) is 37.4 Å². The van der Waals surface area contributed by atoms with Crippen molar-refractivity contribution in [2.45, 2.75) is 25.7 Å². The normalized spacial score (nSPS) is 18.3. The standard InChI is InChI=1S/C10H19NO3/c12-10(13)2-1-5-11-8-9-3-6-14-7-4-9/h9,11H,1-8H2,(H,12,13). The molecule has 0 aliphatic carbocycles. The fraction of sp³-hybridized carbons (Fsp3) is 0.900. The lowest BCUT2D eigenvalue weighted by molar-refractivity contribution is -0.137. The molecular formula is C10H19NO3. The first kappa shape index (κ1) is 11.5. The van der Waals surface area contributed by atoms with Gasteiger partial charge in [0.25, 0.3) is 0 Å². The lowest BCUT2D eigenvalue weighted by Crippen LogP contribution is -2.28. The summed E-state index contributed by atoms with van der Waals surface area (Å²) in [5, 5.41) is 11.7. The molecule has 0 aromatic carbocycles. The topological polar surface area (TPSA) is 58.6 Å². The van der Waals surface area contributed by atoms with Gasteiger partial charge in [0.15, 0.2) is 0 Å². The van der Waals surface area contributed by atoms with Crippen LogP contribution >= 0.6 is 0 Å². The highest BCUT2D eigenvalue weighted by atomic mass is 16.5. The Hall–Kier alpha value is -0.610. The first-order chi connectivity index (χ1) is 6.79. The van der Waals surface area contributed by atoms with Crippen LogP contribution in [0, 0.1) is 5.92 Å². The molecule has 1 fully saturated rings. The van der Waals surface area contributed by atoms with E-state index in [-0.39, 0.29) is 6.42 Å². The number of hydrogen-bond donors (Lipinski definition) is 2. The van der Waals surface area contributed by atoms with Gasteiger partial charge in [-0.25, -0.2) is 0 Å². The van der Waals surface area contributed by atoms with Gasteiger partial charge in [0.1, 0.15) is 0 Å². The van der Waals surface area contributed by atoms with Crippen LogP contribution in [-0.2, 0) is 9.53 Å². The Balaban J connectivity index is 1.90. The second-order valence-electron chi connectivity index (χ2n) is 3.76. The molecule has 0 aromatic heterocycles. The summed E-state index contributed by atoms with van der Waals surface area (Å²) in [6.45, 7) is 3.57. The third-order valence-corrected chi connectivity index (χ3v) is 2.52. The average Bonchev–Trinajstić information content (AvgIpc) is 2.18. The van der Waals surface area contributed by atoms with E-state index < -0.39 is 5.97 Å². The number of aliphatic carboxylic acids is 1. The third kappa shape index (κ3) is 5.19. The molecule has 0 saturated carbocycles. The van der Waals surface area contributed by atoms with Gasteiger partial charge in [-0.2, -0.15) is 0 Å². The molecule has 2 N–H and O–H groups in total. The summed E-state index contributed by atoms with van der Waals surface area (Å²) >= 11 is 0. The zero-order chi connectivity index (χ0) is 10.2. The van der Waals surface area contributed by atoms with Gasteiger partial charge in [-0.15, -0.1) is 0 Å². The van der Waals surface area contributed by atoms with E-state index >= 15 is 0 Å². The van der Waals surface area contributed by atoms with Crippen LogP contribution in [0.2, 0.25) is 0 Å². The quantitative estimate of drug-likeness (QED) is 0.626. The number of carbonyl (C=O) groups is 1. The SMILES string of the molecule is O=C(O)CCCNCC1CCOCC1. The molecule has 1 rings (SSSR count). The van der Waals surface area contributed by atoms with E-state index in [1.54, 1.807) is 0 Å². The van der Waals surface area contributed by atoms with Gasteiger partial charge in [-0.1, -0.05) is 0 Å². The predicted molar refractivity (Wildman–Crippen MR) is 53.3 cm³/mol. The van der Waals surface area contributed by atoms with Crippen LogP contribution in [0.1, 0.15) is 25.7 Å². The van der Waals surface area contributed by atoms with Gasteiger partial charge in [-0.3, -0.25) is 4.79 Å². The van der Waals surface area contributed by atoms with E-state index in [1.807, 2.05) is 0 Å². The third-order valence-electron chi connectivity index (χ3n) is 2.52. The maximum absolute atomic E-state index is 10.2. The van der Waals surface area contributed by atoms with Gasteiger partial charge >= 0.3 is 5.97 Å². The molecule has 0 atom stereocenters. The van der Waals surface area contributed by atoms with Crippen molar-refractivity contribution >= 4 is 5.97 Å². The molecule has 4 heteroatoms. The Morgan fingerprint density at radius 1 is 1.43 bits per heavy atom. The number of rotatable bonds is 6. The van der Waals surface area contributed by atoms with E-state index in [2.05, 4.69) is 5.32 Å². The molecule has 1 heterocycles. The van der Waals surface area contributed by atoms with E-state index in [4.69, 9.17) is 9.84 Å². The summed E-state index contributed by atoms with van der Waals surface area (Å²) in [6.07, 6.45) is 3.25. The number of ether oxygens (including phenoxy) is 1. The second kappa shape index (κ2) is 6.79. The molecule has 0 aromatic rings. The lowest BCUT2D eigenvalue weighted by Gasteiger charge is -2.22. The smallest absolute Gasteiger partial charge is 0.303 e. The minimum atomic E-state index is -0.710. The fourth-order valence-corrected chi connectivity index (χ4v) is 1.62. The van der Waals surface area contributed by atoms with Crippen LogP contribution in [0.4, 0.5) is 0 Å². The van der Waals surface area contributed by atoms with Crippen molar-refractivity contribution in [2.24, 2.45) is 5.92 Å². The summed E-state index contributed by atoms with van der Waals surface area (Å²) in [4.78, 5) is 10.2. The van der Waals surface area contributed by atoms with E-state index in [0.717, 1.165) is 45.6 Å². The van der Waals surface area contributed by atoms with Gasteiger partial charge in [0, 0.05) is 19.6 Å². The summed E-state index contributed by atoms with van der Waals surface area (Å²) in [5.74, 6) is 0.00597. The molecule has 0 amide bonds. The molecule has 0 bridgehead atoms. The Labute approximate surface area is 84.6 Å². The van der Waals surface area contributed by atoms with E-state index in [1.165, 1.54) is 0 Å². The van der Waals surface area contributed by atoms with Crippen molar-refractivity contribution in [3.63, 3.8) is 0 Å². The van der Waals surface area contributed by atoms with Gasteiger partial charge < -0.3 is 15.2 Å². The zero-order valence-corrected chi connectivity index (χ0v) is 8.50. The van der Waals surface area contributed by atoms with Crippen LogP contribution < -0.4 is 5.32 Å². The molecule has 0 unspecified atom stereocenters. The maximum atomic E-state index is 10.2. The molecule has 0 radical (unpaired) electrons. The minimum absolute atomic E-state index is 0.265. The highest BCUT2D eigenvalue weighted by Crippen LogP contribution is 2.12. The molecule has 1 aliphatic heterocycles. The van der Waals surface area contributed by atoms with Gasteiger partial charge in [0.05, 0.1) is 0 Å². The summed E-state index contributed by atoms with van der Waals surface area (Å²) in [7, 11) is 0. The van der Waals surface area contributed by atoms with Gasteiger partial charge in [-0.05, 0) is 38.3 Å². The highest BCUT2D eigenvalue weighted by molar-refractivity contribution is 5.66. The van der Waals surface area contributed by atoms with Gasteiger partial charge in [0.2, 0.25) is 0 Å². The molecule has 4 nitrogen and oxygen atoms in total. The molecule has 82 valence electrons. The Kier molecular flexibility index (Phi) is 5.56. The molecule has 1 saturated heterocycles. The average molecular weight is 201 g/mol. The van der Waals surface area contributed by atoms with E-state index in [9.17, 15) is 4.79 Å². The van der Waals surface area contributed by atoms with Crippen LogP contribution in [0.15, 0.2) is 0 Å². The van der Waals surface area contributed by atoms with Crippen molar-refractivity contribution in [1.82, 2.24) is 5.32 Å². The molecular weight excluding hydrogens is 182 g/mol. The summed E-state index contributed by atoms with van der Waals surface area (Å²) in [6, 6.07) is 0. The van der Waals surface area contributed by atoms with Crippen molar-refractivity contribution < 1.29 is 14.6 Å². The zero-order valence-electron chi connectivity index (χ0n) is 8.50. The predicted octanol–water partition coefficient (Wildman–Crippen LogP) is 0.867. The van der Waals surface area contributed by atoms with Crippen molar-refractivity contribution in [1.29, 1.82) is 0 Å². The minimum Gasteiger partial charge on any atom is -0.481 e. The Morgan fingerprint density at radius 3 is 2.79 bits per heavy atom. The van der Waals surface area contributed by atoms with E-state index in [0.29, 0.717) is 5.92 Å². The number of hydrogen-bond acceptors (Lipinski definition) is 3. The monoisotopic (exact) mass is 201 g/mol. The van der Waals surface area contributed by atoms with Crippen LogP contribution in [0.5, 0.6) is 0 Å². The second-order valence-corrected chi connectivity index (χ2v) is 3.76.